The molecule has 5 heteroatoms. The Kier molecular flexibility index (Phi) is 5.76. The van der Waals surface area contributed by atoms with Gasteiger partial charge in [0, 0.05) is 16.8 Å². The Morgan fingerprint density at radius 3 is 2.68 bits per heavy atom. The van der Waals surface area contributed by atoms with E-state index in [4.69, 9.17) is 9.15 Å². The molecule has 1 heterocycles. The molecule has 0 radical (unpaired) electrons. The SMILES string of the molecule is CCCOc1cccc(C(=O)Nc2cccc(-c3nc4cc(C)cc(C)c4o3)c2C)c1. The van der Waals surface area contributed by atoms with E-state index in [-0.39, 0.29) is 5.91 Å². The van der Waals surface area contributed by atoms with E-state index in [1.165, 1.54) is 0 Å². The fraction of sp³-hybridized carbons (Fsp3) is 0.231. The van der Waals surface area contributed by atoms with Gasteiger partial charge < -0.3 is 14.5 Å². The number of hydrogen-bond donors (Lipinski definition) is 1. The van der Waals surface area contributed by atoms with Crippen LogP contribution in [-0.4, -0.2) is 17.5 Å². The summed E-state index contributed by atoms with van der Waals surface area (Å²) in [5.41, 5.74) is 6.85. The first-order chi connectivity index (χ1) is 15.0. The Morgan fingerprint density at radius 1 is 1.06 bits per heavy atom. The van der Waals surface area contributed by atoms with E-state index >= 15 is 0 Å². The average Bonchev–Trinajstić information content (AvgIpc) is 3.18. The van der Waals surface area contributed by atoms with Crippen molar-refractivity contribution in [2.24, 2.45) is 0 Å². The highest BCUT2D eigenvalue weighted by atomic mass is 16.5. The molecule has 158 valence electrons. The summed E-state index contributed by atoms with van der Waals surface area (Å²) in [4.78, 5) is 17.5. The number of rotatable bonds is 6. The number of benzene rings is 3. The zero-order valence-electron chi connectivity index (χ0n) is 18.3. The van der Waals surface area contributed by atoms with Crippen LogP contribution in [0.1, 0.15) is 40.4 Å². The summed E-state index contributed by atoms with van der Waals surface area (Å²) in [6.07, 6.45) is 0.914. The number of anilines is 1. The largest absolute Gasteiger partial charge is 0.494 e. The molecule has 0 saturated heterocycles. The summed E-state index contributed by atoms with van der Waals surface area (Å²) in [6, 6.07) is 17.1. The second-order valence-electron chi connectivity index (χ2n) is 7.76. The molecule has 0 aliphatic rings. The minimum atomic E-state index is -0.189. The quantitative estimate of drug-likeness (QED) is 0.393. The number of fused-ring (bicyclic) bond motifs is 1. The Labute approximate surface area is 182 Å². The van der Waals surface area contributed by atoms with Crippen molar-refractivity contribution < 1.29 is 13.9 Å². The van der Waals surface area contributed by atoms with Gasteiger partial charge in [-0.2, -0.15) is 0 Å². The van der Waals surface area contributed by atoms with Crippen LogP contribution < -0.4 is 10.1 Å². The van der Waals surface area contributed by atoms with Crippen molar-refractivity contribution in [1.82, 2.24) is 4.98 Å². The molecular formula is C26H26N2O3. The predicted molar refractivity (Wildman–Crippen MR) is 124 cm³/mol. The summed E-state index contributed by atoms with van der Waals surface area (Å²) in [5.74, 6) is 1.05. The second-order valence-corrected chi connectivity index (χ2v) is 7.76. The molecule has 0 unspecified atom stereocenters. The minimum Gasteiger partial charge on any atom is -0.494 e. The van der Waals surface area contributed by atoms with Crippen molar-refractivity contribution in [3.8, 4) is 17.2 Å². The zero-order chi connectivity index (χ0) is 22.0. The van der Waals surface area contributed by atoms with E-state index in [1.54, 1.807) is 12.1 Å². The van der Waals surface area contributed by atoms with Crippen LogP contribution in [0.5, 0.6) is 5.75 Å². The van der Waals surface area contributed by atoms with E-state index in [0.717, 1.165) is 45.5 Å². The molecule has 0 aliphatic heterocycles. The number of nitrogens with zero attached hydrogens (tertiary/aromatic N) is 1. The van der Waals surface area contributed by atoms with Crippen molar-refractivity contribution in [3.05, 3.63) is 76.9 Å². The summed E-state index contributed by atoms with van der Waals surface area (Å²) >= 11 is 0. The van der Waals surface area contributed by atoms with Gasteiger partial charge in [-0.1, -0.05) is 25.1 Å². The van der Waals surface area contributed by atoms with Crippen LogP contribution in [0.4, 0.5) is 5.69 Å². The third-order valence-corrected chi connectivity index (χ3v) is 5.20. The molecule has 1 amide bonds. The maximum atomic E-state index is 12.9. The third-order valence-electron chi connectivity index (χ3n) is 5.20. The summed E-state index contributed by atoms with van der Waals surface area (Å²) in [6.45, 7) is 8.69. The van der Waals surface area contributed by atoms with Gasteiger partial charge in [0.25, 0.3) is 5.91 Å². The zero-order valence-corrected chi connectivity index (χ0v) is 18.3. The van der Waals surface area contributed by atoms with E-state index in [1.807, 2.05) is 64.1 Å². The topological polar surface area (TPSA) is 64.4 Å². The fourth-order valence-corrected chi connectivity index (χ4v) is 3.64. The van der Waals surface area contributed by atoms with Crippen LogP contribution in [-0.2, 0) is 0 Å². The first-order valence-corrected chi connectivity index (χ1v) is 10.5. The second kappa shape index (κ2) is 8.64. The van der Waals surface area contributed by atoms with Gasteiger partial charge >= 0.3 is 0 Å². The standard InChI is InChI=1S/C26H26N2O3/c1-5-12-30-20-9-6-8-19(15-20)25(29)27-22-11-7-10-21(18(22)4)26-28-23-14-16(2)13-17(3)24(23)31-26/h6-11,13-15H,5,12H2,1-4H3,(H,27,29). The van der Waals surface area contributed by atoms with Gasteiger partial charge in [0.1, 0.15) is 11.3 Å². The van der Waals surface area contributed by atoms with Gasteiger partial charge in [-0.05, 0) is 80.3 Å². The lowest BCUT2D eigenvalue weighted by molar-refractivity contribution is 0.102. The molecule has 5 nitrogen and oxygen atoms in total. The van der Waals surface area contributed by atoms with E-state index in [9.17, 15) is 4.79 Å². The number of nitrogens with one attached hydrogen (secondary N) is 1. The Balaban J connectivity index is 1.63. The third kappa shape index (κ3) is 4.31. The van der Waals surface area contributed by atoms with Crippen molar-refractivity contribution in [2.45, 2.75) is 34.1 Å². The maximum Gasteiger partial charge on any atom is 0.255 e. The molecule has 31 heavy (non-hydrogen) atoms. The highest BCUT2D eigenvalue weighted by molar-refractivity contribution is 6.05. The maximum absolute atomic E-state index is 12.9. The van der Waals surface area contributed by atoms with Gasteiger partial charge in [0.2, 0.25) is 5.89 Å². The molecule has 1 aromatic heterocycles. The number of oxazole rings is 1. The normalized spacial score (nSPS) is 11.0. The molecule has 0 saturated carbocycles. The minimum absolute atomic E-state index is 0.189. The Morgan fingerprint density at radius 2 is 1.87 bits per heavy atom. The lowest BCUT2D eigenvalue weighted by Crippen LogP contribution is -2.13. The summed E-state index contributed by atoms with van der Waals surface area (Å²) in [5, 5.41) is 3.01. The number of aromatic nitrogens is 1. The first-order valence-electron chi connectivity index (χ1n) is 10.5. The molecule has 1 N–H and O–H groups in total. The van der Waals surface area contributed by atoms with Crippen molar-refractivity contribution in [1.29, 1.82) is 0 Å². The van der Waals surface area contributed by atoms with Crippen LogP contribution >= 0.6 is 0 Å². The van der Waals surface area contributed by atoms with Crippen molar-refractivity contribution in [3.63, 3.8) is 0 Å². The number of hydrogen-bond acceptors (Lipinski definition) is 4. The molecule has 0 aliphatic carbocycles. The fourth-order valence-electron chi connectivity index (χ4n) is 3.64. The van der Waals surface area contributed by atoms with Crippen molar-refractivity contribution in [2.75, 3.05) is 11.9 Å². The lowest BCUT2D eigenvalue weighted by atomic mass is 10.1. The Hall–Kier alpha value is -3.60. The van der Waals surface area contributed by atoms with Crippen LogP contribution in [0.2, 0.25) is 0 Å². The predicted octanol–water partition coefficient (Wildman–Crippen LogP) is 6.46. The number of amides is 1. The first kappa shape index (κ1) is 20.7. The van der Waals surface area contributed by atoms with Crippen LogP contribution in [0, 0.1) is 20.8 Å². The molecule has 0 bridgehead atoms. The van der Waals surface area contributed by atoms with Gasteiger partial charge in [0.05, 0.1) is 6.61 Å². The van der Waals surface area contributed by atoms with Crippen LogP contribution in [0.3, 0.4) is 0 Å². The smallest absolute Gasteiger partial charge is 0.255 e. The molecule has 0 spiro atoms. The van der Waals surface area contributed by atoms with Gasteiger partial charge in [-0.25, -0.2) is 4.98 Å². The van der Waals surface area contributed by atoms with Gasteiger partial charge in [0.15, 0.2) is 5.58 Å². The molecule has 4 aromatic rings. The summed E-state index contributed by atoms with van der Waals surface area (Å²) < 4.78 is 11.7. The summed E-state index contributed by atoms with van der Waals surface area (Å²) in [7, 11) is 0. The number of aryl methyl sites for hydroxylation is 2. The van der Waals surface area contributed by atoms with Gasteiger partial charge in [-0.3, -0.25) is 4.79 Å². The molecule has 0 atom stereocenters. The van der Waals surface area contributed by atoms with Crippen LogP contribution in [0.25, 0.3) is 22.6 Å². The monoisotopic (exact) mass is 414 g/mol. The van der Waals surface area contributed by atoms with Gasteiger partial charge in [-0.15, -0.1) is 0 Å². The highest BCUT2D eigenvalue weighted by Gasteiger charge is 2.16. The number of carbonyl (C=O) groups is 1. The van der Waals surface area contributed by atoms with Crippen molar-refractivity contribution >= 4 is 22.7 Å². The molecular weight excluding hydrogens is 388 g/mol. The lowest BCUT2D eigenvalue weighted by Gasteiger charge is -2.12. The van der Waals surface area contributed by atoms with Crippen LogP contribution in [0.15, 0.2) is 59.0 Å². The average molecular weight is 415 g/mol. The van der Waals surface area contributed by atoms with E-state index in [0.29, 0.717) is 23.8 Å². The number of ether oxygens (including phenoxy) is 1. The Bertz CT molecular complexity index is 1260. The van der Waals surface area contributed by atoms with E-state index in [2.05, 4.69) is 16.4 Å². The number of carbonyl (C=O) groups excluding carboxylic acids is 1. The van der Waals surface area contributed by atoms with E-state index < -0.39 is 0 Å². The highest BCUT2D eigenvalue weighted by Crippen LogP contribution is 2.32. The molecule has 4 rings (SSSR count). The molecule has 0 fully saturated rings. The molecule has 3 aromatic carbocycles.